The summed E-state index contributed by atoms with van der Waals surface area (Å²) in [5.41, 5.74) is 6.09. The number of sulfonamides is 1. The lowest BCUT2D eigenvalue weighted by Crippen LogP contribution is -2.24. The minimum Gasteiger partial charge on any atom is -0.399 e. The maximum absolute atomic E-state index is 12.1. The first-order valence-corrected chi connectivity index (χ1v) is 10.4. The number of unbranched alkanes of at least 4 members (excludes halogenated alkanes) is 9. The highest BCUT2D eigenvalue weighted by Crippen LogP contribution is 2.13. The summed E-state index contributed by atoms with van der Waals surface area (Å²) in [7, 11) is -3.42. The van der Waals surface area contributed by atoms with Crippen LogP contribution in [-0.4, -0.2) is 15.0 Å². The van der Waals surface area contributed by atoms with Crippen molar-refractivity contribution < 1.29 is 8.42 Å². The fourth-order valence-electron chi connectivity index (χ4n) is 2.58. The Morgan fingerprint density at radius 2 is 1.48 bits per heavy atom. The van der Waals surface area contributed by atoms with Gasteiger partial charge in [-0.2, -0.15) is 0 Å². The molecule has 0 heterocycles. The average molecular weight is 341 g/mol. The molecule has 1 aromatic rings. The molecule has 0 amide bonds. The SMILES string of the molecule is CCCCCCCCCCCCNS(=O)(=O)c1cccc(N)c1. The number of hydrogen-bond donors (Lipinski definition) is 2. The van der Waals surface area contributed by atoms with E-state index in [1.807, 2.05) is 0 Å². The maximum atomic E-state index is 12.1. The molecular formula is C18H32N2O2S. The fourth-order valence-corrected chi connectivity index (χ4v) is 3.71. The molecule has 23 heavy (non-hydrogen) atoms. The van der Waals surface area contributed by atoms with Gasteiger partial charge in [0.2, 0.25) is 10.0 Å². The molecule has 3 N–H and O–H groups in total. The Hall–Kier alpha value is -1.07. The van der Waals surface area contributed by atoms with Gasteiger partial charge in [0.25, 0.3) is 0 Å². The molecule has 0 fully saturated rings. The van der Waals surface area contributed by atoms with E-state index in [0.717, 1.165) is 12.8 Å². The first-order valence-electron chi connectivity index (χ1n) is 8.91. The Kier molecular flexibility index (Phi) is 9.96. The van der Waals surface area contributed by atoms with Crippen LogP contribution in [0, 0.1) is 0 Å². The minimum atomic E-state index is -3.42. The molecule has 0 aliphatic heterocycles. The topological polar surface area (TPSA) is 72.2 Å². The predicted octanol–water partition coefficient (Wildman–Crippen LogP) is 4.47. The van der Waals surface area contributed by atoms with Crippen LogP contribution in [0.4, 0.5) is 5.69 Å². The van der Waals surface area contributed by atoms with Gasteiger partial charge in [0.15, 0.2) is 0 Å². The summed E-state index contributed by atoms with van der Waals surface area (Å²) in [4.78, 5) is 0.240. The van der Waals surface area contributed by atoms with Crippen molar-refractivity contribution in [3.63, 3.8) is 0 Å². The van der Waals surface area contributed by atoms with E-state index in [2.05, 4.69) is 11.6 Å². The van der Waals surface area contributed by atoms with Crippen molar-refractivity contribution in [2.45, 2.75) is 76.0 Å². The van der Waals surface area contributed by atoms with E-state index in [-0.39, 0.29) is 4.90 Å². The molecule has 0 spiro atoms. The van der Waals surface area contributed by atoms with Crippen LogP contribution in [0.2, 0.25) is 0 Å². The molecule has 1 aromatic carbocycles. The molecule has 0 saturated carbocycles. The minimum absolute atomic E-state index is 0.240. The Morgan fingerprint density at radius 1 is 0.913 bits per heavy atom. The van der Waals surface area contributed by atoms with E-state index in [1.54, 1.807) is 18.2 Å². The molecule has 0 bridgehead atoms. The zero-order valence-electron chi connectivity index (χ0n) is 14.4. The number of benzene rings is 1. The summed E-state index contributed by atoms with van der Waals surface area (Å²) in [6.07, 6.45) is 12.4. The molecule has 1 rings (SSSR count). The quantitative estimate of drug-likeness (QED) is 0.411. The highest BCUT2D eigenvalue weighted by molar-refractivity contribution is 7.89. The summed E-state index contributed by atoms with van der Waals surface area (Å²) >= 11 is 0. The van der Waals surface area contributed by atoms with Crippen molar-refractivity contribution in [3.05, 3.63) is 24.3 Å². The number of hydrogen-bond acceptors (Lipinski definition) is 3. The number of anilines is 1. The molecule has 0 atom stereocenters. The summed E-state index contributed by atoms with van der Waals surface area (Å²) in [6, 6.07) is 6.39. The largest absolute Gasteiger partial charge is 0.399 e. The van der Waals surface area contributed by atoms with E-state index in [0.29, 0.717) is 12.2 Å². The Labute approximate surface area is 141 Å². The van der Waals surface area contributed by atoms with Crippen LogP contribution in [0.1, 0.15) is 71.1 Å². The normalized spacial score (nSPS) is 11.7. The van der Waals surface area contributed by atoms with Gasteiger partial charge in [-0.05, 0) is 24.6 Å². The van der Waals surface area contributed by atoms with Crippen molar-refractivity contribution in [2.75, 3.05) is 12.3 Å². The van der Waals surface area contributed by atoms with E-state index in [4.69, 9.17) is 5.73 Å². The third-order valence-corrected chi connectivity index (χ3v) is 5.45. The van der Waals surface area contributed by atoms with Crippen LogP contribution in [0.3, 0.4) is 0 Å². The molecule has 0 aromatic heterocycles. The Balaban J connectivity index is 2.06. The molecule has 0 radical (unpaired) electrons. The summed E-state index contributed by atoms with van der Waals surface area (Å²) in [5, 5.41) is 0. The third kappa shape index (κ3) is 8.96. The van der Waals surface area contributed by atoms with Gasteiger partial charge in [0, 0.05) is 12.2 Å². The van der Waals surface area contributed by atoms with Crippen molar-refractivity contribution >= 4 is 15.7 Å². The van der Waals surface area contributed by atoms with Gasteiger partial charge in [-0.1, -0.05) is 70.8 Å². The van der Waals surface area contributed by atoms with Gasteiger partial charge in [-0.3, -0.25) is 0 Å². The first kappa shape index (κ1) is 20.0. The van der Waals surface area contributed by atoms with Crippen LogP contribution in [0.25, 0.3) is 0 Å². The Morgan fingerprint density at radius 3 is 2.04 bits per heavy atom. The molecule has 5 heteroatoms. The summed E-state index contributed by atoms with van der Waals surface area (Å²) in [5.74, 6) is 0. The van der Waals surface area contributed by atoms with Crippen LogP contribution in [0.15, 0.2) is 29.2 Å². The molecule has 0 saturated heterocycles. The van der Waals surface area contributed by atoms with Gasteiger partial charge < -0.3 is 5.73 Å². The molecule has 0 unspecified atom stereocenters. The smallest absolute Gasteiger partial charge is 0.240 e. The maximum Gasteiger partial charge on any atom is 0.240 e. The molecule has 0 aliphatic carbocycles. The van der Waals surface area contributed by atoms with E-state index < -0.39 is 10.0 Å². The van der Waals surface area contributed by atoms with Gasteiger partial charge in [-0.25, -0.2) is 13.1 Å². The Bertz CT molecular complexity index is 530. The van der Waals surface area contributed by atoms with Gasteiger partial charge in [0.1, 0.15) is 0 Å². The molecular weight excluding hydrogens is 308 g/mol. The highest BCUT2D eigenvalue weighted by atomic mass is 32.2. The van der Waals surface area contributed by atoms with Gasteiger partial charge in [-0.15, -0.1) is 0 Å². The lowest BCUT2D eigenvalue weighted by Gasteiger charge is -2.07. The number of nitrogens with two attached hydrogens (primary N) is 1. The highest BCUT2D eigenvalue weighted by Gasteiger charge is 2.12. The predicted molar refractivity (Wildman–Crippen MR) is 97.9 cm³/mol. The zero-order valence-corrected chi connectivity index (χ0v) is 15.2. The molecule has 4 nitrogen and oxygen atoms in total. The summed E-state index contributed by atoms with van der Waals surface area (Å²) in [6.45, 7) is 2.73. The average Bonchev–Trinajstić information content (AvgIpc) is 2.52. The van der Waals surface area contributed by atoms with Gasteiger partial charge >= 0.3 is 0 Å². The lowest BCUT2D eigenvalue weighted by molar-refractivity contribution is 0.549. The van der Waals surface area contributed by atoms with Crippen molar-refractivity contribution in [1.82, 2.24) is 4.72 Å². The van der Waals surface area contributed by atoms with E-state index >= 15 is 0 Å². The van der Waals surface area contributed by atoms with E-state index in [9.17, 15) is 8.42 Å². The molecule has 0 aliphatic rings. The second kappa shape index (κ2) is 11.5. The monoisotopic (exact) mass is 340 g/mol. The fraction of sp³-hybridized carbons (Fsp3) is 0.667. The first-order chi connectivity index (χ1) is 11.1. The number of nitrogen functional groups attached to an aromatic ring is 1. The standard InChI is InChI=1S/C18H32N2O2S/c1-2-3-4-5-6-7-8-9-10-11-15-20-23(21,22)18-14-12-13-17(19)16-18/h12-14,16,20H,2-11,15,19H2,1H3. The van der Waals surface area contributed by atoms with Crippen molar-refractivity contribution in [1.29, 1.82) is 0 Å². The number of rotatable bonds is 13. The van der Waals surface area contributed by atoms with Crippen LogP contribution >= 0.6 is 0 Å². The molecule has 132 valence electrons. The van der Waals surface area contributed by atoms with E-state index in [1.165, 1.54) is 57.4 Å². The van der Waals surface area contributed by atoms with Crippen LogP contribution in [-0.2, 0) is 10.0 Å². The lowest BCUT2D eigenvalue weighted by atomic mass is 10.1. The zero-order chi connectivity index (χ0) is 17.0. The second-order valence-electron chi connectivity index (χ2n) is 6.15. The second-order valence-corrected chi connectivity index (χ2v) is 7.92. The van der Waals surface area contributed by atoms with Crippen LogP contribution in [0.5, 0.6) is 0 Å². The number of nitrogens with one attached hydrogen (secondary N) is 1. The van der Waals surface area contributed by atoms with Crippen molar-refractivity contribution in [2.24, 2.45) is 0 Å². The van der Waals surface area contributed by atoms with Crippen LogP contribution < -0.4 is 10.5 Å². The summed E-state index contributed by atoms with van der Waals surface area (Å²) < 4.78 is 26.8. The van der Waals surface area contributed by atoms with Crippen molar-refractivity contribution in [3.8, 4) is 0 Å². The van der Waals surface area contributed by atoms with Gasteiger partial charge in [0.05, 0.1) is 4.90 Å². The third-order valence-electron chi connectivity index (χ3n) is 3.99.